The van der Waals surface area contributed by atoms with Crippen LogP contribution < -0.4 is 10.2 Å². The number of nitriles is 1. The summed E-state index contributed by atoms with van der Waals surface area (Å²) in [6, 6.07) is 7.18. The lowest BCUT2D eigenvalue weighted by Crippen LogP contribution is -2.46. The third kappa shape index (κ3) is 2.97. The van der Waals surface area contributed by atoms with E-state index >= 15 is 0 Å². The minimum atomic E-state index is -0.262. The summed E-state index contributed by atoms with van der Waals surface area (Å²) < 4.78 is 0. The second-order valence-electron chi connectivity index (χ2n) is 9.74. The molecular formula is C22H31N5O. The van der Waals surface area contributed by atoms with Gasteiger partial charge in [0.05, 0.1) is 5.69 Å². The van der Waals surface area contributed by atoms with Crippen LogP contribution in [0.25, 0.3) is 0 Å². The smallest absolute Gasteiger partial charge is 0.269 e. The number of carbonyl (C=O) groups is 1. The van der Waals surface area contributed by atoms with Crippen LogP contribution in [0.15, 0.2) is 12.1 Å². The average molecular weight is 382 g/mol. The van der Waals surface area contributed by atoms with Crippen molar-refractivity contribution in [2.45, 2.75) is 58.5 Å². The minimum Gasteiger partial charge on any atom is -0.369 e. The van der Waals surface area contributed by atoms with Crippen LogP contribution in [0.4, 0.5) is 5.69 Å². The van der Waals surface area contributed by atoms with Gasteiger partial charge in [0, 0.05) is 38.8 Å². The van der Waals surface area contributed by atoms with E-state index in [0.29, 0.717) is 28.3 Å². The molecule has 1 aromatic rings. The molecule has 28 heavy (non-hydrogen) atoms. The number of carbonyl (C=O) groups excluding carboxylic acids is 1. The van der Waals surface area contributed by atoms with E-state index in [1.165, 1.54) is 19.4 Å². The monoisotopic (exact) mass is 381 g/mol. The van der Waals surface area contributed by atoms with Crippen LogP contribution in [-0.2, 0) is 0 Å². The van der Waals surface area contributed by atoms with Gasteiger partial charge in [0.1, 0.15) is 11.8 Å². The number of anilines is 1. The summed E-state index contributed by atoms with van der Waals surface area (Å²) in [4.78, 5) is 21.1. The molecule has 150 valence electrons. The van der Waals surface area contributed by atoms with Crippen molar-refractivity contribution < 1.29 is 4.79 Å². The highest BCUT2D eigenvalue weighted by atomic mass is 16.1. The molecule has 1 aliphatic carbocycles. The van der Waals surface area contributed by atoms with Crippen molar-refractivity contribution in [3.63, 3.8) is 0 Å². The number of rotatable bonds is 3. The maximum Gasteiger partial charge on any atom is 0.269 e. The summed E-state index contributed by atoms with van der Waals surface area (Å²) in [6.07, 6.45) is 4.97. The second-order valence-corrected chi connectivity index (χ2v) is 9.74. The molecule has 5 rings (SSSR count). The predicted molar refractivity (Wildman–Crippen MR) is 109 cm³/mol. The Balaban J connectivity index is 1.42. The van der Waals surface area contributed by atoms with Gasteiger partial charge in [0.15, 0.2) is 5.69 Å². The fourth-order valence-corrected chi connectivity index (χ4v) is 5.44. The van der Waals surface area contributed by atoms with Gasteiger partial charge in [-0.1, -0.05) is 20.8 Å². The zero-order chi connectivity index (χ0) is 20.1. The first-order valence-electron chi connectivity index (χ1n) is 10.4. The first-order valence-corrected chi connectivity index (χ1v) is 10.4. The summed E-state index contributed by atoms with van der Waals surface area (Å²) in [5.74, 6) is -0.262. The Kier molecular flexibility index (Phi) is 4.62. The maximum atomic E-state index is 11.8. The molecule has 0 atom stereocenters. The summed E-state index contributed by atoms with van der Waals surface area (Å²) in [6.45, 7) is 10.3. The molecule has 4 fully saturated rings. The van der Waals surface area contributed by atoms with Gasteiger partial charge in [-0.25, -0.2) is 4.98 Å². The standard InChI is InChI=1S/C22H31N5O/c1-21(2,3)22-11-16(12-22)27(14-22)15-7-9-26(10-8-15)19-6-5-17(20(28)24-4)25-18(19)13-23/h5-6,15-16H,7-12,14H2,1-4H3,(H,24,28). The lowest BCUT2D eigenvalue weighted by molar-refractivity contribution is 0.0405. The van der Waals surface area contributed by atoms with Gasteiger partial charge in [0.2, 0.25) is 0 Å². The Morgan fingerprint density at radius 2 is 1.93 bits per heavy atom. The lowest BCUT2D eigenvalue weighted by atomic mass is 9.56. The Hall–Kier alpha value is -2.13. The first-order chi connectivity index (χ1) is 13.3. The van der Waals surface area contributed by atoms with Gasteiger partial charge in [0.25, 0.3) is 5.91 Å². The Morgan fingerprint density at radius 1 is 1.25 bits per heavy atom. The van der Waals surface area contributed by atoms with Crippen LogP contribution in [0.3, 0.4) is 0 Å². The molecule has 0 radical (unpaired) electrons. The third-order valence-electron chi connectivity index (χ3n) is 7.51. The number of piperidine rings is 1. The molecule has 6 nitrogen and oxygen atoms in total. The number of hydrogen-bond donors (Lipinski definition) is 1. The van der Waals surface area contributed by atoms with Gasteiger partial charge >= 0.3 is 0 Å². The zero-order valence-corrected chi connectivity index (χ0v) is 17.5. The molecule has 6 heteroatoms. The highest BCUT2D eigenvalue weighted by molar-refractivity contribution is 5.92. The molecule has 0 spiro atoms. The number of aromatic nitrogens is 1. The van der Waals surface area contributed by atoms with Gasteiger partial charge in [-0.05, 0) is 48.6 Å². The first kappa shape index (κ1) is 19.2. The molecule has 0 aromatic carbocycles. The van der Waals surface area contributed by atoms with Gasteiger partial charge < -0.3 is 10.2 Å². The van der Waals surface area contributed by atoms with E-state index in [-0.39, 0.29) is 5.91 Å². The van der Waals surface area contributed by atoms with Crippen molar-refractivity contribution in [2.24, 2.45) is 10.8 Å². The van der Waals surface area contributed by atoms with Crippen LogP contribution in [0.2, 0.25) is 0 Å². The van der Waals surface area contributed by atoms with E-state index < -0.39 is 0 Å². The number of nitrogens with zero attached hydrogens (tertiary/aromatic N) is 4. The zero-order valence-electron chi connectivity index (χ0n) is 17.5. The van der Waals surface area contributed by atoms with Crippen molar-refractivity contribution in [3.8, 4) is 6.07 Å². The summed E-state index contributed by atoms with van der Waals surface area (Å²) >= 11 is 0. The van der Waals surface area contributed by atoms with E-state index in [2.05, 4.69) is 46.9 Å². The van der Waals surface area contributed by atoms with E-state index in [1.807, 2.05) is 6.07 Å². The molecule has 1 aromatic heterocycles. The van der Waals surface area contributed by atoms with Gasteiger partial charge in [-0.2, -0.15) is 5.26 Å². The fraction of sp³-hybridized carbons (Fsp3) is 0.682. The number of amides is 1. The molecule has 1 amide bonds. The Labute approximate surface area is 167 Å². The van der Waals surface area contributed by atoms with Crippen LogP contribution in [0.1, 0.15) is 62.6 Å². The predicted octanol–water partition coefficient (Wildman–Crippen LogP) is 2.79. The molecule has 0 unspecified atom stereocenters. The fourth-order valence-electron chi connectivity index (χ4n) is 5.44. The molecule has 1 N–H and O–H groups in total. The highest BCUT2D eigenvalue weighted by Crippen LogP contribution is 2.61. The van der Waals surface area contributed by atoms with Gasteiger partial charge in [-0.15, -0.1) is 0 Å². The number of fused-ring (bicyclic) bond motifs is 1. The molecule has 4 aliphatic rings. The largest absolute Gasteiger partial charge is 0.369 e. The topological polar surface area (TPSA) is 72.3 Å². The van der Waals surface area contributed by atoms with Crippen molar-refractivity contribution in [3.05, 3.63) is 23.5 Å². The Morgan fingerprint density at radius 3 is 2.46 bits per heavy atom. The van der Waals surface area contributed by atoms with E-state index in [1.54, 1.807) is 13.1 Å². The van der Waals surface area contributed by atoms with Gasteiger partial charge in [-0.3, -0.25) is 9.69 Å². The highest BCUT2D eigenvalue weighted by Gasteiger charge is 2.61. The van der Waals surface area contributed by atoms with E-state index in [4.69, 9.17) is 0 Å². The van der Waals surface area contributed by atoms with Crippen LogP contribution >= 0.6 is 0 Å². The number of pyridine rings is 1. The molecule has 3 aliphatic heterocycles. The molecular weight excluding hydrogens is 350 g/mol. The lowest BCUT2D eigenvalue weighted by Gasteiger charge is -2.48. The third-order valence-corrected chi connectivity index (χ3v) is 7.51. The van der Waals surface area contributed by atoms with Crippen molar-refractivity contribution >= 4 is 11.6 Å². The van der Waals surface area contributed by atoms with Crippen LogP contribution in [-0.4, -0.2) is 54.6 Å². The molecule has 4 heterocycles. The molecule has 3 saturated heterocycles. The second kappa shape index (κ2) is 6.73. The Bertz CT molecular complexity index is 807. The maximum absolute atomic E-state index is 11.8. The molecule has 1 saturated carbocycles. The van der Waals surface area contributed by atoms with E-state index in [0.717, 1.165) is 37.7 Å². The van der Waals surface area contributed by atoms with Crippen LogP contribution in [0, 0.1) is 22.2 Å². The molecule has 2 bridgehead atoms. The van der Waals surface area contributed by atoms with Crippen molar-refractivity contribution in [1.82, 2.24) is 15.2 Å². The van der Waals surface area contributed by atoms with Crippen molar-refractivity contribution in [1.29, 1.82) is 5.26 Å². The normalized spacial score (nSPS) is 28.0. The number of nitrogens with one attached hydrogen (secondary N) is 1. The summed E-state index contributed by atoms with van der Waals surface area (Å²) in [7, 11) is 1.57. The van der Waals surface area contributed by atoms with Crippen LogP contribution in [0.5, 0.6) is 0 Å². The van der Waals surface area contributed by atoms with Crippen molar-refractivity contribution in [2.75, 3.05) is 31.6 Å². The minimum absolute atomic E-state index is 0.262. The van der Waals surface area contributed by atoms with E-state index in [9.17, 15) is 10.1 Å². The quantitative estimate of drug-likeness (QED) is 0.872. The number of hydrogen-bond acceptors (Lipinski definition) is 5. The summed E-state index contributed by atoms with van der Waals surface area (Å²) in [5, 5.41) is 12.1. The SMILES string of the molecule is CNC(=O)c1ccc(N2CCC(N3CC4(C(C)(C)C)CC3C4)CC2)c(C#N)n1. The average Bonchev–Trinajstić information content (AvgIpc) is 3.24. The summed E-state index contributed by atoms with van der Waals surface area (Å²) in [5.41, 5.74) is 2.39.